The molecular formula is C17H19BrO3. The maximum Gasteiger partial charge on any atom is 0.119 e. The molecule has 0 spiro atoms. The lowest BCUT2D eigenvalue weighted by molar-refractivity contribution is 0.139. The number of ether oxygens (including phenoxy) is 2. The van der Waals surface area contributed by atoms with Crippen molar-refractivity contribution >= 4 is 15.9 Å². The van der Waals surface area contributed by atoms with Crippen LogP contribution in [0.15, 0.2) is 53.0 Å². The second kappa shape index (κ2) is 8.05. The molecule has 2 rings (SSSR count). The van der Waals surface area contributed by atoms with Crippen LogP contribution in [-0.2, 0) is 6.42 Å². The van der Waals surface area contributed by atoms with Gasteiger partial charge in [-0.05, 0) is 42.3 Å². The van der Waals surface area contributed by atoms with Gasteiger partial charge < -0.3 is 14.6 Å². The van der Waals surface area contributed by atoms with Crippen LogP contribution in [0.25, 0.3) is 0 Å². The van der Waals surface area contributed by atoms with Crippen molar-refractivity contribution in [3.05, 3.63) is 58.6 Å². The molecule has 21 heavy (non-hydrogen) atoms. The van der Waals surface area contributed by atoms with Gasteiger partial charge in [0.1, 0.15) is 11.5 Å². The lowest BCUT2D eigenvalue weighted by atomic mass is 10.1. The van der Waals surface area contributed by atoms with Gasteiger partial charge in [-0.15, -0.1) is 0 Å². The highest BCUT2D eigenvalue weighted by Crippen LogP contribution is 2.24. The summed E-state index contributed by atoms with van der Waals surface area (Å²) in [6.07, 6.45) is 0.700. The zero-order valence-electron chi connectivity index (χ0n) is 12.0. The number of aliphatic hydroxyl groups is 1. The summed E-state index contributed by atoms with van der Waals surface area (Å²) in [6.45, 7) is 0.493. The third kappa shape index (κ3) is 5.06. The van der Waals surface area contributed by atoms with Crippen molar-refractivity contribution in [3.8, 4) is 11.5 Å². The van der Waals surface area contributed by atoms with Gasteiger partial charge in [-0.25, -0.2) is 0 Å². The zero-order chi connectivity index (χ0) is 15.1. The average molecular weight is 351 g/mol. The van der Waals surface area contributed by atoms with Crippen molar-refractivity contribution in [2.45, 2.75) is 18.9 Å². The van der Waals surface area contributed by atoms with Crippen LogP contribution in [-0.4, -0.2) is 24.9 Å². The highest BCUT2D eigenvalue weighted by molar-refractivity contribution is 9.10. The SMILES string of the molecule is COc1ccc(Br)c(CC(O)CCOc2ccccc2)c1. The number of rotatable bonds is 7. The first-order chi connectivity index (χ1) is 10.2. The van der Waals surface area contributed by atoms with E-state index in [0.29, 0.717) is 19.4 Å². The Labute approximate surface area is 133 Å². The van der Waals surface area contributed by atoms with E-state index in [1.54, 1.807) is 7.11 Å². The molecule has 3 nitrogen and oxygen atoms in total. The van der Waals surface area contributed by atoms with Crippen LogP contribution in [0.3, 0.4) is 0 Å². The Morgan fingerprint density at radius 3 is 2.57 bits per heavy atom. The molecule has 0 aliphatic heterocycles. The van der Waals surface area contributed by atoms with Crippen LogP contribution in [0.4, 0.5) is 0 Å². The first-order valence-electron chi connectivity index (χ1n) is 6.87. The van der Waals surface area contributed by atoms with E-state index in [1.807, 2.05) is 48.5 Å². The second-order valence-electron chi connectivity index (χ2n) is 4.77. The van der Waals surface area contributed by atoms with Crippen molar-refractivity contribution in [2.75, 3.05) is 13.7 Å². The lowest BCUT2D eigenvalue weighted by Crippen LogP contribution is -2.15. The van der Waals surface area contributed by atoms with Gasteiger partial charge >= 0.3 is 0 Å². The molecule has 0 amide bonds. The molecule has 0 saturated heterocycles. The molecule has 112 valence electrons. The minimum absolute atomic E-state index is 0.447. The molecule has 0 heterocycles. The summed E-state index contributed by atoms with van der Waals surface area (Å²) in [4.78, 5) is 0. The average Bonchev–Trinajstić information content (AvgIpc) is 2.50. The van der Waals surface area contributed by atoms with Gasteiger partial charge in [0.25, 0.3) is 0 Å². The van der Waals surface area contributed by atoms with Crippen LogP contribution in [0, 0.1) is 0 Å². The molecular weight excluding hydrogens is 332 g/mol. The summed E-state index contributed by atoms with van der Waals surface area (Å²) in [5, 5.41) is 10.1. The zero-order valence-corrected chi connectivity index (χ0v) is 13.5. The number of halogens is 1. The van der Waals surface area contributed by atoms with Crippen molar-refractivity contribution in [1.29, 1.82) is 0 Å². The third-order valence-corrected chi connectivity index (χ3v) is 3.95. The topological polar surface area (TPSA) is 38.7 Å². The maximum absolute atomic E-state index is 10.1. The molecule has 0 aliphatic carbocycles. The monoisotopic (exact) mass is 350 g/mol. The predicted molar refractivity (Wildman–Crippen MR) is 87.0 cm³/mol. The molecule has 4 heteroatoms. The summed E-state index contributed by atoms with van der Waals surface area (Å²) in [5.41, 5.74) is 1.03. The molecule has 1 atom stereocenters. The van der Waals surface area contributed by atoms with E-state index in [4.69, 9.17) is 9.47 Å². The van der Waals surface area contributed by atoms with E-state index in [2.05, 4.69) is 15.9 Å². The minimum Gasteiger partial charge on any atom is -0.497 e. The van der Waals surface area contributed by atoms with E-state index in [1.165, 1.54) is 0 Å². The fourth-order valence-corrected chi connectivity index (χ4v) is 2.43. The molecule has 0 radical (unpaired) electrons. The smallest absolute Gasteiger partial charge is 0.119 e. The third-order valence-electron chi connectivity index (χ3n) is 3.17. The largest absolute Gasteiger partial charge is 0.497 e. The van der Waals surface area contributed by atoms with E-state index in [-0.39, 0.29) is 0 Å². The molecule has 1 unspecified atom stereocenters. The minimum atomic E-state index is -0.447. The number of para-hydroxylation sites is 1. The second-order valence-corrected chi connectivity index (χ2v) is 5.62. The van der Waals surface area contributed by atoms with Crippen molar-refractivity contribution in [2.24, 2.45) is 0 Å². The number of aliphatic hydroxyl groups excluding tert-OH is 1. The Kier molecular flexibility index (Phi) is 6.08. The van der Waals surface area contributed by atoms with E-state index in [9.17, 15) is 5.11 Å². The molecule has 0 aliphatic rings. The van der Waals surface area contributed by atoms with Crippen molar-refractivity contribution in [3.63, 3.8) is 0 Å². The Bertz CT molecular complexity index is 557. The molecule has 0 fully saturated rings. The quantitative estimate of drug-likeness (QED) is 0.824. The number of benzene rings is 2. The van der Waals surface area contributed by atoms with Gasteiger partial charge in [-0.2, -0.15) is 0 Å². The first kappa shape index (κ1) is 15.9. The van der Waals surface area contributed by atoms with Crippen molar-refractivity contribution < 1.29 is 14.6 Å². The summed E-state index contributed by atoms with van der Waals surface area (Å²) in [6, 6.07) is 15.4. The van der Waals surface area contributed by atoms with Crippen LogP contribution in [0.1, 0.15) is 12.0 Å². The Hall–Kier alpha value is -1.52. The molecule has 1 N–H and O–H groups in total. The highest BCUT2D eigenvalue weighted by atomic mass is 79.9. The molecule has 2 aromatic carbocycles. The Morgan fingerprint density at radius 1 is 1.10 bits per heavy atom. The number of methoxy groups -OCH3 is 1. The Balaban J connectivity index is 1.83. The van der Waals surface area contributed by atoms with Crippen LogP contribution in [0.5, 0.6) is 11.5 Å². The fraction of sp³-hybridized carbons (Fsp3) is 0.294. The van der Waals surface area contributed by atoms with Gasteiger partial charge in [-0.1, -0.05) is 34.1 Å². The highest BCUT2D eigenvalue weighted by Gasteiger charge is 2.10. The number of hydrogen-bond donors (Lipinski definition) is 1. The summed E-state index contributed by atoms with van der Waals surface area (Å²) >= 11 is 3.50. The van der Waals surface area contributed by atoms with Crippen molar-refractivity contribution in [1.82, 2.24) is 0 Å². The fourth-order valence-electron chi connectivity index (χ4n) is 2.02. The number of hydrogen-bond acceptors (Lipinski definition) is 3. The van der Waals surface area contributed by atoms with Gasteiger partial charge in [0.2, 0.25) is 0 Å². The molecule has 0 saturated carbocycles. The van der Waals surface area contributed by atoms with E-state index in [0.717, 1.165) is 21.5 Å². The molecule has 0 aromatic heterocycles. The first-order valence-corrected chi connectivity index (χ1v) is 7.66. The standard InChI is InChI=1S/C17H19BrO3/c1-20-16-7-8-17(18)13(12-16)11-14(19)9-10-21-15-5-3-2-4-6-15/h2-8,12,14,19H,9-11H2,1H3. The van der Waals surface area contributed by atoms with Gasteiger partial charge in [0.05, 0.1) is 19.8 Å². The van der Waals surface area contributed by atoms with E-state index < -0.39 is 6.10 Å². The lowest BCUT2D eigenvalue weighted by Gasteiger charge is -2.13. The van der Waals surface area contributed by atoms with Crippen LogP contribution < -0.4 is 9.47 Å². The summed E-state index contributed by atoms with van der Waals surface area (Å²) < 4.78 is 11.8. The normalized spacial score (nSPS) is 12.0. The maximum atomic E-state index is 10.1. The van der Waals surface area contributed by atoms with Gasteiger partial charge in [0, 0.05) is 10.9 Å². The molecule has 0 bridgehead atoms. The van der Waals surface area contributed by atoms with Gasteiger partial charge in [-0.3, -0.25) is 0 Å². The van der Waals surface area contributed by atoms with Crippen LogP contribution in [0.2, 0.25) is 0 Å². The van der Waals surface area contributed by atoms with Crippen LogP contribution >= 0.6 is 15.9 Å². The molecule has 2 aromatic rings. The Morgan fingerprint density at radius 2 is 1.86 bits per heavy atom. The summed E-state index contributed by atoms with van der Waals surface area (Å²) in [5.74, 6) is 1.62. The van der Waals surface area contributed by atoms with E-state index >= 15 is 0 Å². The predicted octanol–water partition coefficient (Wildman–Crippen LogP) is 3.83. The van der Waals surface area contributed by atoms with Gasteiger partial charge in [0.15, 0.2) is 0 Å². The summed E-state index contributed by atoms with van der Waals surface area (Å²) in [7, 11) is 1.64.